The summed E-state index contributed by atoms with van der Waals surface area (Å²) in [6.07, 6.45) is 1.31. The fraction of sp³-hybridized carbons (Fsp3) is 0. The van der Waals surface area contributed by atoms with E-state index in [2.05, 4.69) is 22.2 Å². The Morgan fingerprint density at radius 2 is 1.80 bits per heavy atom. The summed E-state index contributed by atoms with van der Waals surface area (Å²) in [5.41, 5.74) is 0.748. The van der Waals surface area contributed by atoms with E-state index in [1.54, 1.807) is 0 Å². The van der Waals surface area contributed by atoms with Gasteiger partial charge in [-0.15, -0.1) is 0 Å². The van der Waals surface area contributed by atoms with E-state index in [0.29, 0.717) is 5.56 Å². The van der Waals surface area contributed by atoms with Gasteiger partial charge in [0.2, 0.25) is 0 Å². The van der Waals surface area contributed by atoms with Crippen molar-refractivity contribution in [2.75, 3.05) is 0 Å². The van der Waals surface area contributed by atoms with Gasteiger partial charge in [0.1, 0.15) is 5.82 Å². The molecule has 0 aliphatic heterocycles. The maximum absolute atomic E-state index is 13.5. The van der Waals surface area contributed by atoms with Crippen LogP contribution in [-0.2, 0) is 0 Å². The van der Waals surface area contributed by atoms with Crippen molar-refractivity contribution in [3.05, 3.63) is 46.9 Å². The highest BCUT2D eigenvalue weighted by molar-refractivity contribution is 7.71. The van der Waals surface area contributed by atoms with Crippen molar-refractivity contribution in [2.24, 2.45) is 0 Å². The minimum atomic E-state index is -0.598. The molecule has 0 saturated heterocycles. The predicted octanol–water partition coefficient (Wildman–Crippen LogP) is 3.08. The summed E-state index contributed by atoms with van der Waals surface area (Å²) < 4.78 is 26.0. The second kappa shape index (κ2) is 3.86. The number of rotatable bonds is 1. The minimum absolute atomic E-state index is 0.104. The lowest BCUT2D eigenvalue weighted by Gasteiger charge is -2.02. The van der Waals surface area contributed by atoms with Gasteiger partial charge in [0.25, 0.3) is 0 Å². The average molecular weight is 224 g/mol. The highest BCUT2D eigenvalue weighted by Gasteiger charge is 2.06. The molecule has 0 aliphatic carbocycles. The molecule has 0 fully saturated rings. The zero-order valence-corrected chi connectivity index (χ0v) is 8.31. The summed E-state index contributed by atoms with van der Waals surface area (Å²) in [7, 11) is 0. The number of hydrogen-bond acceptors (Lipinski definition) is 2. The zero-order valence-electron chi connectivity index (χ0n) is 7.50. The van der Waals surface area contributed by atoms with Gasteiger partial charge in [-0.3, -0.25) is 0 Å². The Morgan fingerprint density at radius 3 is 2.47 bits per heavy atom. The molecule has 15 heavy (non-hydrogen) atoms. The van der Waals surface area contributed by atoms with Crippen LogP contribution in [0.1, 0.15) is 0 Å². The predicted molar refractivity (Wildman–Crippen MR) is 54.8 cm³/mol. The summed E-state index contributed by atoms with van der Waals surface area (Å²) in [5, 5.41) is 0. The molecule has 0 amide bonds. The number of aromatic amines is 1. The summed E-state index contributed by atoms with van der Waals surface area (Å²) in [6, 6.07) is 5.45. The molecular formula is C10H6F2N2S. The molecule has 2 nitrogen and oxygen atoms in total. The third-order valence-electron chi connectivity index (χ3n) is 1.93. The van der Waals surface area contributed by atoms with Crippen molar-refractivity contribution in [3.8, 4) is 11.3 Å². The Balaban J connectivity index is 2.59. The molecule has 0 atom stereocenters. The summed E-state index contributed by atoms with van der Waals surface area (Å²) in [4.78, 5) is 6.23. The van der Waals surface area contributed by atoms with Gasteiger partial charge in [-0.05, 0) is 24.3 Å². The first-order chi connectivity index (χ1) is 7.18. The Morgan fingerprint density at radius 1 is 1.13 bits per heavy atom. The highest BCUT2D eigenvalue weighted by Crippen LogP contribution is 2.19. The van der Waals surface area contributed by atoms with Crippen molar-refractivity contribution >= 4 is 12.2 Å². The van der Waals surface area contributed by atoms with Crippen LogP contribution >= 0.6 is 12.2 Å². The zero-order chi connectivity index (χ0) is 10.8. The minimum Gasteiger partial charge on any atom is -0.343 e. The monoisotopic (exact) mass is 224 g/mol. The van der Waals surface area contributed by atoms with Crippen LogP contribution < -0.4 is 0 Å². The highest BCUT2D eigenvalue weighted by atomic mass is 32.1. The van der Waals surface area contributed by atoms with Crippen LogP contribution in [0.3, 0.4) is 0 Å². The molecule has 2 rings (SSSR count). The normalized spacial score (nSPS) is 10.3. The lowest BCUT2D eigenvalue weighted by Crippen LogP contribution is -1.92. The number of benzene rings is 1. The Hall–Kier alpha value is -1.62. The first-order valence-electron chi connectivity index (χ1n) is 4.17. The lowest BCUT2D eigenvalue weighted by atomic mass is 10.1. The van der Waals surface area contributed by atoms with E-state index in [1.807, 2.05) is 0 Å². The number of nitrogens with zero attached hydrogens (tertiary/aromatic N) is 1. The fourth-order valence-electron chi connectivity index (χ4n) is 1.21. The Bertz CT molecular complexity index is 534. The molecule has 1 N–H and O–H groups in total. The van der Waals surface area contributed by atoms with Crippen LogP contribution in [-0.4, -0.2) is 9.97 Å². The second-order valence-corrected chi connectivity index (χ2v) is 3.29. The van der Waals surface area contributed by atoms with Crippen LogP contribution in [0.5, 0.6) is 0 Å². The molecule has 0 unspecified atom stereocenters. The second-order valence-electron chi connectivity index (χ2n) is 2.90. The molecule has 1 heterocycles. The van der Waals surface area contributed by atoms with Crippen molar-refractivity contribution in [2.45, 2.75) is 0 Å². The smallest absolute Gasteiger partial charge is 0.183 e. The third-order valence-corrected chi connectivity index (χ3v) is 2.22. The van der Waals surface area contributed by atoms with Gasteiger partial charge in [0.15, 0.2) is 10.5 Å². The number of nitrogens with one attached hydrogen (secondary N) is 1. The number of H-pyrrole nitrogens is 1. The van der Waals surface area contributed by atoms with E-state index >= 15 is 0 Å². The SMILES string of the molecule is Fc1ccc(-c2[nH]cnc(=S)c2F)cc1. The summed E-state index contributed by atoms with van der Waals surface area (Å²) in [5.74, 6) is -0.967. The van der Waals surface area contributed by atoms with Gasteiger partial charge in [-0.25, -0.2) is 13.8 Å². The van der Waals surface area contributed by atoms with Crippen molar-refractivity contribution in [1.29, 1.82) is 0 Å². The van der Waals surface area contributed by atoms with Gasteiger partial charge in [0, 0.05) is 5.56 Å². The molecular weight excluding hydrogens is 218 g/mol. The molecule has 2 aromatic rings. The Kier molecular flexibility index (Phi) is 2.55. The molecule has 5 heteroatoms. The summed E-state index contributed by atoms with van der Waals surface area (Å²) >= 11 is 4.69. The molecule has 0 spiro atoms. The van der Waals surface area contributed by atoms with Gasteiger partial charge < -0.3 is 4.98 Å². The van der Waals surface area contributed by atoms with Gasteiger partial charge in [0.05, 0.1) is 12.0 Å². The molecule has 0 bridgehead atoms. The molecule has 76 valence electrons. The third kappa shape index (κ3) is 1.92. The van der Waals surface area contributed by atoms with E-state index in [-0.39, 0.29) is 16.2 Å². The maximum atomic E-state index is 13.5. The molecule has 1 aromatic heterocycles. The Labute approximate surface area is 89.6 Å². The van der Waals surface area contributed by atoms with Crippen molar-refractivity contribution in [1.82, 2.24) is 9.97 Å². The van der Waals surface area contributed by atoms with E-state index in [9.17, 15) is 8.78 Å². The molecule has 1 aromatic carbocycles. The van der Waals surface area contributed by atoms with Gasteiger partial charge in [-0.1, -0.05) is 12.2 Å². The number of halogens is 2. The van der Waals surface area contributed by atoms with E-state index in [4.69, 9.17) is 0 Å². The van der Waals surface area contributed by atoms with Crippen molar-refractivity contribution in [3.63, 3.8) is 0 Å². The van der Waals surface area contributed by atoms with Crippen LogP contribution in [0.2, 0.25) is 0 Å². The number of hydrogen-bond donors (Lipinski definition) is 1. The molecule has 0 aliphatic rings. The first-order valence-corrected chi connectivity index (χ1v) is 4.58. The van der Waals surface area contributed by atoms with Crippen LogP contribution in [0.25, 0.3) is 11.3 Å². The van der Waals surface area contributed by atoms with Gasteiger partial charge >= 0.3 is 0 Å². The summed E-state index contributed by atoms with van der Waals surface area (Å²) in [6.45, 7) is 0. The quantitative estimate of drug-likeness (QED) is 0.754. The van der Waals surface area contributed by atoms with E-state index in [0.717, 1.165) is 0 Å². The van der Waals surface area contributed by atoms with E-state index < -0.39 is 5.82 Å². The van der Waals surface area contributed by atoms with Crippen LogP contribution in [0, 0.1) is 16.3 Å². The lowest BCUT2D eigenvalue weighted by molar-refractivity contribution is 0.612. The fourth-order valence-corrected chi connectivity index (χ4v) is 1.36. The van der Waals surface area contributed by atoms with Gasteiger partial charge in [-0.2, -0.15) is 0 Å². The largest absolute Gasteiger partial charge is 0.343 e. The topological polar surface area (TPSA) is 28.7 Å². The average Bonchev–Trinajstić information content (AvgIpc) is 2.24. The molecule has 0 radical (unpaired) electrons. The van der Waals surface area contributed by atoms with Crippen LogP contribution in [0.4, 0.5) is 8.78 Å². The first kappa shape index (κ1) is 9.92. The molecule has 0 saturated carbocycles. The van der Waals surface area contributed by atoms with E-state index in [1.165, 1.54) is 30.6 Å². The van der Waals surface area contributed by atoms with Crippen LogP contribution in [0.15, 0.2) is 30.6 Å². The maximum Gasteiger partial charge on any atom is 0.183 e. The van der Waals surface area contributed by atoms with Crippen molar-refractivity contribution < 1.29 is 8.78 Å². The number of aromatic nitrogens is 2. The standard InChI is InChI=1S/C10H6F2N2S/c11-7-3-1-6(2-4-7)9-8(12)10(15)14-5-13-9/h1-5H,(H,13,14,15).